The number of nitrogens with zero attached hydrogens (tertiary/aromatic N) is 1. The first-order valence-electron chi connectivity index (χ1n) is 5.15. The molecule has 0 aromatic rings. The van der Waals surface area contributed by atoms with E-state index >= 15 is 0 Å². The molecule has 0 saturated carbocycles. The summed E-state index contributed by atoms with van der Waals surface area (Å²) < 4.78 is 0. The topological polar surface area (TPSA) is 52.6 Å². The second kappa shape index (κ2) is 6.79. The quantitative estimate of drug-likeness (QED) is 0.647. The van der Waals surface area contributed by atoms with Crippen molar-refractivity contribution in [2.24, 2.45) is 0 Å². The van der Waals surface area contributed by atoms with Crippen molar-refractivity contribution in [3.05, 3.63) is 0 Å². The van der Waals surface area contributed by atoms with Gasteiger partial charge in [0.25, 0.3) is 0 Å². The summed E-state index contributed by atoms with van der Waals surface area (Å²) in [5.41, 5.74) is 0. The first kappa shape index (κ1) is 13.4. The summed E-state index contributed by atoms with van der Waals surface area (Å²) in [6.07, 6.45) is 0.363. The first-order chi connectivity index (χ1) is 6.49. The van der Waals surface area contributed by atoms with Crippen LogP contribution in [-0.4, -0.2) is 48.2 Å². The summed E-state index contributed by atoms with van der Waals surface area (Å²) in [5.74, 6) is 0.0955. The predicted octanol–water partition coefficient (Wildman–Crippen LogP) is 0.214. The summed E-state index contributed by atoms with van der Waals surface area (Å²) in [7, 11) is 1.79. The van der Waals surface area contributed by atoms with E-state index in [1.807, 2.05) is 13.8 Å². The minimum atomic E-state index is -0.311. The monoisotopic (exact) mass is 202 g/mol. The highest BCUT2D eigenvalue weighted by Gasteiger charge is 2.15. The van der Waals surface area contributed by atoms with Gasteiger partial charge < -0.3 is 15.3 Å². The predicted molar refractivity (Wildman–Crippen MR) is 57.1 cm³/mol. The fourth-order valence-corrected chi connectivity index (χ4v) is 1.08. The number of hydrogen-bond acceptors (Lipinski definition) is 3. The van der Waals surface area contributed by atoms with Gasteiger partial charge in [0.1, 0.15) is 0 Å². The standard InChI is InChI=1S/C10H22N2O2/c1-5-12(4)10(14)9(3)11-7-6-8(2)13/h8-9,11,13H,5-7H2,1-4H3. The molecule has 0 heterocycles. The van der Waals surface area contributed by atoms with Gasteiger partial charge in [-0.1, -0.05) is 0 Å². The molecule has 0 saturated heterocycles. The van der Waals surface area contributed by atoms with Crippen LogP contribution in [0.1, 0.15) is 27.2 Å². The van der Waals surface area contributed by atoms with Crippen LogP contribution in [0, 0.1) is 0 Å². The number of carbonyl (C=O) groups is 1. The highest BCUT2D eigenvalue weighted by molar-refractivity contribution is 5.81. The number of rotatable bonds is 6. The molecule has 0 aromatic heterocycles. The smallest absolute Gasteiger partial charge is 0.239 e. The Morgan fingerprint density at radius 1 is 1.50 bits per heavy atom. The summed E-state index contributed by atoms with van der Waals surface area (Å²) in [6, 6.07) is -0.168. The Morgan fingerprint density at radius 2 is 2.07 bits per heavy atom. The minimum absolute atomic E-state index is 0.0955. The van der Waals surface area contributed by atoms with Gasteiger partial charge in [-0.05, 0) is 33.7 Å². The SMILES string of the molecule is CCN(C)C(=O)C(C)NCCC(C)O. The largest absolute Gasteiger partial charge is 0.393 e. The molecule has 1 amide bonds. The van der Waals surface area contributed by atoms with Crippen LogP contribution in [0.15, 0.2) is 0 Å². The van der Waals surface area contributed by atoms with Gasteiger partial charge in [0.05, 0.1) is 12.1 Å². The Bertz CT molecular complexity index is 172. The number of hydrogen-bond donors (Lipinski definition) is 2. The molecule has 0 spiro atoms. The molecule has 2 atom stereocenters. The van der Waals surface area contributed by atoms with Crippen molar-refractivity contribution < 1.29 is 9.90 Å². The Morgan fingerprint density at radius 3 is 2.50 bits per heavy atom. The highest BCUT2D eigenvalue weighted by atomic mass is 16.3. The molecule has 0 rings (SSSR count). The molecular weight excluding hydrogens is 180 g/mol. The van der Waals surface area contributed by atoms with E-state index in [1.54, 1.807) is 18.9 Å². The molecule has 2 unspecified atom stereocenters. The molecule has 0 radical (unpaired) electrons. The number of aliphatic hydroxyl groups excluding tert-OH is 1. The van der Waals surface area contributed by atoms with Crippen LogP contribution in [0.3, 0.4) is 0 Å². The van der Waals surface area contributed by atoms with Crippen LogP contribution in [0.25, 0.3) is 0 Å². The van der Waals surface area contributed by atoms with Crippen LogP contribution < -0.4 is 5.32 Å². The molecule has 0 aliphatic carbocycles. The molecule has 14 heavy (non-hydrogen) atoms. The Balaban J connectivity index is 3.73. The van der Waals surface area contributed by atoms with Gasteiger partial charge in [-0.2, -0.15) is 0 Å². The van der Waals surface area contributed by atoms with Gasteiger partial charge in [0.2, 0.25) is 5.91 Å². The Labute approximate surface area is 86.3 Å². The number of likely N-dealkylation sites (N-methyl/N-ethyl adjacent to an activating group) is 1. The van der Waals surface area contributed by atoms with Crippen molar-refractivity contribution in [1.82, 2.24) is 10.2 Å². The van der Waals surface area contributed by atoms with E-state index in [1.165, 1.54) is 0 Å². The molecular formula is C10H22N2O2. The van der Waals surface area contributed by atoms with E-state index in [0.717, 1.165) is 6.54 Å². The van der Waals surface area contributed by atoms with E-state index in [9.17, 15) is 4.79 Å². The summed E-state index contributed by atoms with van der Waals surface area (Å²) >= 11 is 0. The van der Waals surface area contributed by atoms with Gasteiger partial charge in [-0.15, -0.1) is 0 Å². The summed E-state index contributed by atoms with van der Waals surface area (Å²) in [5, 5.41) is 12.1. The second-order valence-electron chi connectivity index (χ2n) is 3.67. The number of nitrogens with one attached hydrogen (secondary N) is 1. The van der Waals surface area contributed by atoms with Crippen molar-refractivity contribution in [2.75, 3.05) is 20.1 Å². The molecule has 84 valence electrons. The third-order valence-corrected chi connectivity index (χ3v) is 2.23. The highest BCUT2D eigenvalue weighted by Crippen LogP contribution is 1.93. The number of aliphatic hydroxyl groups is 1. The average molecular weight is 202 g/mol. The second-order valence-corrected chi connectivity index (χ2v) is 3.67. The summed E-state index contributed by atoms with van der Waals surface area (Å²) in [4.78, 5) is 13.2. The van der Waals surface area contributed by atoms with Gasteiger partial charge in [0, 0.05) is 13.6 Å². The molecule has 2 N–H and O–H groups in total. The minimum Gasteiger partial charge on any atom is -0.393 e. The van der Waals surface area contributed by atoms with E-state index in [2.05, 4.69) is 5.32 Å². The first-order valence-corrected chi connectivity index (χ1v) is 5.15. The molecule has 4 heteroatoms. The Hall–Kier alpha value is -0.610. The van der Waals surface area contributed by atoms with E-state index in [-0.39, 0.29) is 18.1 Å². The summed E-state index contributed by atoms with van der Waals surface area (Å²) in [6.45, 7) is 6.92. The van der Waals surface area contributed by atoms with Gasteiger partial charge in [0.15, 0.2) is 0 Å². The van der Waals surface area contributed by atoms with Crippen molar-refractivity contribution in [3.8, 4) is 0 Å². The number of amides is 1. The third-order valence-electron chi connectivity index (χ3n) is 2.23. The fourth-order valence-electron chi connectivity index (χ4n) is 1.08. The van der Waals surface area contributed by atoms with Gasteiger partial charge in [-0.25, -0.2) is 0 Å². The molecule has 0 fully saturated rings. The zero-order chi connectivity index (χ0) is 11.1. The molecule has 4 nitrogen and oxygen atoms in total. The number of carbonyl (C=O) groups excluding carboxylic acids is 1. The molecule has 0 aromatic carbocycles. The van der Waals surface area contributed by atoms with E-state index < -0.39 is 0 Å². The van der Waals surface area contributed by atoms with Crippen LogP contribution in [0.2, 0.25) is 0 Å². The van der Waals surface area contributed by atoms with E-state index in [0.29, 0.717) is 13.0 Å². The van der Waals surface area contributed by atoms with Crippen LogP contribution >= 0.6 is 0 Å². The van der Waals surface area contributed by atoms with Crippen molar-refractivity contribution in [1.29, 1.82) is 0 Å². The average Bonchev–Trinajstić information content (AvgIpc) is 2.14. The molecule has 0 aliphatic heterocycles. The van der Waals surface area contributed by atoms with Crippen LogP contribution in [-0.2, 0) is 4.79 Å². The maximum atomic E-state index is 11.6. The lowest BCUT2D eigenvalue weighted by Crippen LogP contribution is -2.43. The Kier molecular flexibility index (Phi) is 6.49. The van der Waals surface area contributed by atoms with Crippen LogP contribution in [0.4, 0.5) is 0 Å². The fraction of sp³-hybridized carbons (Fsp3) is 0.900. The van der Waals surface area contributed by atoms with Gasteiger partial charge in [-0.3, -0.25) is 4.79 Å². The maximum absolute atomic E-state index is 11.6. The van der Waals surface area contributed by atoms with Crippen molar-refractivity contribution in [2.45, 2.75) is 39.3 Å². The van der Waals surface area contributed by atoms with Gasteiger partial charge >= 0.3 is 0 Å². The lowest BCUT2D eigenvalue weighted by atomic mass is 10.2. The zero-order valence-corrected chi connectivity index (χ0v) is 9.58. The van der Waals surface area contributed by atoms with Crippen molar-refractivity contribution >= 4 is 5.91 Å². The molecule has 0 bridgehead atoms. The van der Waals surface area contributed by atoms with Crippen molar-refractivity contribution in [3.63, 3.8) is 0 Å². The van der Waals surface area contributed by atoms with E-state index in [4.69, 9.17) is 5.11 Å². The maximum Gasteiger partial charge on any atom is 0.239 e. The van der Waals surface area contributed by atoms with Crippen LogP contribution in [0.5, 0.6) is 0 Å². The normalized spacial score (nSPS) is 14.9. The third kappa shape index (κ3) is 5.19. The zero-order valence-electron chi connectivity index (χ0n) is 9.58. The molecule has 0 aliphatic rings. The lowest BCUT2D eigenvalue weighted by Gasteiger charge is -2.20. The lowest BCUT2D eigenvalue weighted by molar-refractivity contribution is -0.131.